The van der Waals surface area contributed by atoms with Gasteiger partial charge in [0.25, 0.3) is 11.1 Å². The number of para-hydroxylation sites is 1. The Kier molecular flexibility index (Phi) is 7.54. The van der Waals surface area contributed by atoms with Crippen molar-refractivity contribution in [3.63, 3.8) is 0 Å². The number of thioether (sulfide) groups is 1. The van der Waals surface area contributed by atoms with Gasteiger partial charge in [0.15, 0.2) is 0 Å². The average molecular weight is 509 g/mol. The summed E-state index contributed by atoms with van der Waals surface area (Å²) in [7, 11) is 0. The van der Waals surface area contributed by atoms with Crippen LogP contribution in [0.2, 0.25) is 0 Å². The number of amides is 4. The molecule has 0 saturated carbocycles. The van der Waals surface area contributed by atoms with Crippen LogP contribution in [0.25, 0.3) is 17.0 Å². The van der Waals surface area contributed by atoms with Crippen molar-refractivity contribution in [1.82, 2.24) is 14.4 Å². The van der Waals surface area contributed by atoms with E-state index >= 15 is 0 Å². The molecule has 0 unspecified atom stereocenters. The zero-order valence-electron chi connectivity index (χ0n) is 19.9. The number of anilines is 1. The molecule has 4 amide bonds. The van der Waals surface area contributed by atoms with Gasteiger partial charge in [-0.1, -0.05) is 18.2 Å². The second-order valence-electron chi connectivity index (χ2n) is 8.12. The number of nitrogens with zero attached hydrogens (tertiary/aromatic N) is 3. The second kappa shape index (κ2) is 10.8. The summed E-state index contributed by atoms with van der Waals surface area (Å²) >= 11 is 0.755. The summed E-state index contributed by atoms with van der Waals surface area (Å²) in [5, 5.41) is 2.83. The summed E-state index contributed by atoms with van der Waals surface area (Å²) in [6.07, 6.45) is 3.41. The normalized spacial score (nSPS) is 14.6. The highest BCUT2D eigenvalue weighted by molar-refractivity contribution is 8.18. The van der Waals surface area contributed by atoms with Crippen molar-refractivity contribution in [3.8, 4) is 0 Å². The zero-order chi connectivity index (χ0) is 25.8. The zero-order valence-corrected chi connectivity index (χ0v) is 20.7. The number of carbonyl (C=O) groups excluding carboxylic acids is 4. The smallest absolute Gasteiger partial charge is 0.294 e. The highest BCUT2D eigenvalue weighted by Gasteiger charge is 2.36. The van der Waals surface area contributed by atoms with E-state index in [9.17, 15) is 23.6 Å². The fourth-order valence-electron chi connectivity index (χ4n) is 4.00. The number of hydrogen-bond donors (Lipinski definition) is 1. The fraction of sp³-hybridized carbons (Fsp3) is 0.231. The highest BCUT2D eigenvalue weighted by Crippen LogP contribution is 2.34. The Labute approximate surface area is 211 Å². The van der Waals surface area contributed by atoms with Crippen LogP contribution >= 0.6 is 11.8 Å². The van der Waals surface area contributed by atoms with Crippen LogP contribution in [-0.4, -0.2) is 57.0 Å². The molecule has 0 radical (unpaired) electrons. The monoisotopic (exact) mass is 508 g/mol. The topological polar surface area (TPSA) is 91.7 Å². The van der Waals surface area contributed by atoms with E-state index < -0.39 is 29.4 Å². The molecule has 8 nitrogen and oxygen atoms in total. The molecule has 36 heavy (non-hydrogen) atoms. The molecule has 3 aromatic rings. The first-order valence-corrected chi connectivity index (χ1v) is 12.3. The van der Waals surface area contributed by atoms with Crippen molar-refractivity contribution in [2.24, 2.45) is 0 Å². The van der Waals surface area contributed by atoms with E-state index in [-0.39, 0.29) is 17.4 Å². The summed E-state index contributed by atoms with van der Waals surface area (Å²) in [5.41, 5.74) is 1.89. The van der Waals surface area contributed by atoms with Crippen molar-refractivity contribution in [2.75, 3.05) is 25.0 Å². The van der Waals surface area contributed by atoms with Gasteiger partial charge in [-0.25, -0.2) is 4.39 Å². The Morgan fingerprint density at radius 2 is 1.72 bits per heavy atom. The SMILES string of the molecule is CCN(CC)C(=O)Cn1cc(/C=C2\SC(=O)N(CC(=O)Nc3ccc(F)cc3)C2=O)c2ccccc21. The van der Waals surface area contributed by atoms with Crippen LogP contribution in [0.3, 0.4) is 0 Å². The molecule has 1 fully saturated rings. The fourth-order valence-corrected chi connectivity index (χ4v) is 4.83. The van der Waals surface area contributed by atoms with Gasteiger partial charge in [0, 0.05) is 41.4 Å². The van der Waals surface area contributed by atoms with Gasteiger partial charge in [0.2, 0.25) is 11.8 Å². The van der Waals surface area contributed by atoms with Gasteiger partial charge in [-0.3, -0.25) is 24.1 Å². The predicted octanol–water partition coefficient (Wildman–Crippen LogP) is 4.32. The molecule has 0 aliphatic carbocycles. The average Bonchev–Trinajstić information content (AvgIpc) is 3.33. The Hall–Kier alpha value is -3.92. The number of imide groups is 1. The number of likely N-dealkylation sites (N-methyl/N-ethyl adjacent to an activating group) is 1. The number of hydrogen-bond acceptors (Lipinski definition) is 5. The van der Waals surface area contributed by atoms with Crippen LogP contribution < -0.4 is 5.32 Å². The lowest BCUT2D eigenvalue weighted by Crippen LogP contribution is -2.36. The molecular weight excluding hydrogens is 483 g/mol. The molecular formula is C26H25FN4O4S. The molecule has 0 bridgehead atoms. The molecule has 2 heterocycles. The van der Waals surface area contributed by atoms with Crippen molar-refractivity contribution >= 4 is 57.4 Å². The molecule has 0 atom stereocenters. The van der Waals surface area contributed by atoms with E-state index in [2.05, 4.69) is 5.32 Å². The third-order valence-electron chi connectivity index (χ3n) is 5.83. The van der Waals surface area contributed by atoms with Gasteiger partial charge >= 0.3 is 0 Å². The first-order valence-electron chi connectivity index (χ1n) is 11.5. The molecule has 186 valence electrons. The van der Waals surface area contributed by atoms with Crippen LogP contribution in [-0.2, 0) is 20.9 Å². The molecule has 1 saturated heterocycles. The van der Waals surface area contributed by atoms with Crippen LogP contribution in [0.15, 0.2) is 59.6 Å². The number of aromatic nitrogens is 1. The molecule has 1 aromatic heterocycles. The lowest BCUT2D eigenvalue weighted by atomic mass is 10.1. The van der Waals surface area contributed by atoms with Crippen molar-refractivity contribution < 1.29 is 23.6 Å². The Bertz CT molecular complexity index is 1360. The van der Waals surface area contributed by atoms with E-state index in [1.807, 2.05) is 42.7 Å². The quantitative estimate of drug-likeness (QED) is 0.458. The van der Waals surface area contributed by atoms with Gasteiger partial charge in [-0.2, -0.15) is 0 Å². The molecule has 0 spiro atoms. The largest absolute Gasteiger partial charge is 0.342 e. The van der Waals surface area contributed by atoms with E-state index in [0.29, 0.717) is 24.3 Å². The van der Waals surface area contributed by atoms with Gasteiger partial charge in [0.05, 0.1) is 4.91 Å². The van der Waals surface area contributed by atoms with Crippen molar-refractivity contribution in [1.29, 1.82) is 0 Å². The second-order valence-corrected chi connectivity index (χ2v) is 9.11. The van der Waals surface area contributed by atoms with Gasteiger partial charge < -0.3 is 14.8 Å². The molecule has 10 heteroatoms. The summed E-state index contributed by atoms with van der Waals surface area (Å²) in [6.45, 7) is 4.78. The maximum Gasteiger partial charge on any atom is 0.294 e. The van der Waals surface area contributed by atoms with Crippen molar-refractivity contribution in [2.45, 2.75) is 20.4 Å². The number of carbonyl (C=O) groups is 4. The van der Waals surface area contributed by atoms with Crippen LogP contribution in [0, 0.1) is 5.82 Å². The summed E-state index contributed by atoms with van der Waals surface area (Å²) in [4.78, 5) is 53.3. The first kappa shape index (κ1) is 25.2. The van der Waals surface area contributed by atoms with E-state index in [1.54, 1.807) is 17.2 Å². The molecule has 1 aliphatic rings. The first-order chi connectivity index (χ1) is 17.3. The number of rotatable bonds is 8. The minimum absolute atomic E-state index is 0.0141. The minimum atomic E-state index is -0.574. The van der Waals surface area contributed by atoms with Crippen LogP contribution in [0.4, 0.5) is 14.9 Å². The number of fused-ring (bicyclic) bond motifs is 1. The molecule has 4 rings (SSSR count). The highest BCUT2D eigenvalue weighted by atomic mass is 32.2. The summed E-state index contributed by atoms with van der Waals surface area (Å²) in [5.74, 6) is -1.60. The third kappa shape index (κ3) is 5.33. The summed E-state index contributed by atoms with van der Waals surface area (Å²) < 4.78 is 14.9. The lowest BCUT2D eigenvalue weighted by Gasteiger charge is -2.19. The standard InChI is InChI=1S/C26H25FN4O4S/c1-3-29(4-2)24(33)16-30-14-17(20-7-5-6-8-21(20)30)13-22-25(34)31(26(35)36-22)15-23(32)28-19-11-9-18(27)10-12-19/h5-14H,3-4,15-16H2,1-2H3,(H,28,32)/b22-13-. The Morgan fingerprint density at radius 1 is 1.03 bits per heavy atom. The molecule has 1 aliphatic heterocycles. The Balaban J connectivity index is 1.54. The predicted molar refractivity (Wildman–Crippen MR) is 138 cm³/mol. The molecule has 2 aromatic carbocycles. The van der Waals surface area contributed by atoms with E-state index in [0.717, 1.165) is 27.6 Å². The number of nitrogens with one attached hydrogen (secondary N) is 1. The van der Waals surface area contributed by atoms with Crippen LogP contribution in [0.1, 0.15) is 19.4 Å². The summed E-state index contributed by atoms with van der Waals surface area (Å²) in [6, 6.07) is 12.7. The molecule has 1 N–H and O–H groups in total. The number of halogens is 1. The van der Waals surface area contributed by atoms with E-state index in [1.165, 1.54) is 24.3 Å². The van der Waals surface area contributed by atoms with Crippen molar-refractivity contribution in [3.05, 3.63) is 71.0 Å². The van der Waals surface area contributed by atoms with Gasteiger partial charge in [-0.05, 0) is 62.0 Å². The van der Waals surface area contributed by atoms with E-state index in [4.69, 9.17) is 0 Å². The van der Waals surface area contributed by atoms with Gasteiger partial charge in [0.1, 0.15) is 18.9 Å². The maximum absolute atomic E-state index is 13.1. The minimum Gasteiger partial charge on any atom is -0.342 e. The van der Waals surface area contributed by atoms with Gasteiger partial charge in [-0.15, -0.1) is 0 Å². The number of benzene rings is 2. The Morgan fingerprint density at radius 3 is 2.42 bits per heavy atom. The maximum atomic E-state index is 13.1. The third-order valence-corrected chi connectivity index (χ3v) is 6.74. The van der Waals surface area contributed by atoms with Crippen LogP contribution in [0.5, 0.6) is 0 Å². The lowest BCUT2D eigenvalue weighted by molar-refractivity contribution is -0.131.